The first-order valence-electron chi connectivity index (χ1n) is 11.8. The molecule has 1 heterocycles. The molecule has 0 aliphatic carbocycles. The van der Waals surface area contributed by atoms with E-state index in [-0.39, 0.29) is 30.7 Å². The van der Waals surface area contributed by atoms with Gasteiger partial charge >= 0.3 is 0 Å². The zero-order valence-electron chi connectivity index (χ0n) is 20.4. The number of benzene rings is 3. The van der Waals surface area contributed by atoms with E-state index in [0.29, 0.717) is 11.1 Å². The van der Waals surface area contributed by atoms with E-state index in [2.05, 4.69) is 5.32 Å². The molecule has 1 aliphatic heterocycles. The Bertz CT molecular complexity index is 1290. The van der Waals surface area contributed by atoms with Crippen molar-refractivity contribution in [2.45, 2.75) is 13.8 Å². The number of likely N-dealkylation sites (tertiary alicyclic amines) is 1. The summed E-state index contributed by atoms with van der Waals surface area (Å²) in [5.74, 6) is -0.797. The van der Waals surface area contributed by atoms with Crippen molar-refractivity contribution >= 4 is 35.4 Å². The summed E-state index contributed by atoms with van der Waals surface area (Å²) in [5, 5.41) is 2.85. The molecule has 0 atom stereocenters. The largest absolute Gasteiger partial charge is 0.330 e. The van der Waals surface area contributed by atoms with E-state index < -0.39 is 0 Å². The van der Waals surface area contributed by atoms with Crippen molar-refractivity contribution in [1.82, 2.24) is 4.90 Å². The van der Waals surface area contributed by atoms with Crippen LogP contribution in [0.4, 0.5) is 5.69 Å². The number of nitrogens with one attached hydrogen (secondary N) is 1. The van der Waals surface area contributed by atoms with Crippen molar-refractivity contribution in [2.24, 2.45) is 0 Å². The van der Waals surface area contributed by atoms with Gasteiger partial charge in [-0.1, -0.05) is 78.9 Å². The van der Waals surface area contributed by atoms with E-state index >= 15 is 0 Å². The van der Waals surface area contributed by atoms with Crippen LogP contribution in [0.2, 0.25) is 0 Å². The molecule has 2 amide bonds. The Morgan fingerprint density at radius 1 is 0.722 bits per heavy atom. The van der Waals surface area contributed by atoms with Crippen LogP contribution in [-0.4, -0.2) is 35.6 Å². The average Bonchev–Trinajstić information content (AvgIpc) is 2.88. The zero-order chi connectivity index (χ0) is 25.5. The van der Waals surface area contributed by atoms with E-state index in [9.17, 15) is 14.4 Å². The van der Waals surface area contributed by atoms with Crippen LogP contribution in [0.1, 0.15) is 22.3 Å². The summed E-state index contributed by atoms with van der Waals surface area (Å²) in [6.07, 6.45) is 6.14. The van der Waals surface area contributed by atoms with Crippen molar-refractivity contribution in [3.63, 3.8) is 0 Å². The van der Waals surface area contributed by atoms with Crippen molar-refractivity contribution in [3.05, 3.63) is 124 Å². The zero-order valence-corrected chi connectivity index (χ0v) is 20.4. The van der Waals surface area contributed by atoms with Crippen LogP contribution in [0.5, 0.6) is 0 Å². The van der Waals surface area contributed by atoms with Crippen LogP contribution in [0.3, 0.4) is 0 Å². The molecule has 0 radical (unpaired) electrons. The maximum absolute atomic E-state index is 13.3. The van der Waals surface area contributed by atoms with E-state index in [0.717, 1.165) is 27.9 Å². The molecule has 0 spiro atoms. The molecule has 5 heteroatoms. The van der Waals surface area contributed by atoms with Gasteiger partial charge in [0, 0.05) is 29.0 Å². The molecule has 1 fully saturated rings. The number of hydrogen-bond acceptors (Lipinski definition) is 3. The molecule has 0 aromatic heterocycles. The third-order valence-electron chi connectivity index (χ3n) is 6.00. The van der Waals surface area contributed by atoms with Crippen LogP contribution in [-0.2, 0) is 14.4 Å². The minimum absolute atomic E-state index is 0.0801. The molecule has 5 nitrogen and oxygen atoms in total. The highest BCUT2D eigenvalue weighted by molar-refractivity contribution is 6.15. The van der Waals surface area contributed by atoms with Gasteiger partial charge in [-0.05, 0) is 48.3 Å². The summed E-state index contributed by atoms with van der Waals surface area (Å²) < 4.78 is 0. The monoisotopic (exact) mass is 476 g/mol. The van der Waals surface area contributed by atoms with Crippen molar-refractivity contribution in [3.8, 4) is 0 Å². The van der Waals surface area contributed by atoms with Gasteiger partial charge in [-0.3, -0.25) is 14.4 Å². The second kappa shape index (κ2) is 11.3. The third kappa shape index (κ3) is 6.13. The summed E-state index contributed by atoms with van der Waals surface area (Å²) in [4.78, 5) is 40.5. The van der Waals surface area contributed by atoms with E-state index in [1.165, 1.54) is 12.2 Å². The number of para-hydroxylation sites is 1. The second-order valence-corrected chi connectivity index (χ2v) is 8.77. The molecule has 3 aromatic rings. The molecule has 4 rings (SSSR count). The Balaban J connectivity index is 1.56. The molecule has 1 aliphatic rings. The number of hydrogen-bond donors (Lipinski definition) is 1. The van der Waals surface area contributed by atoms with Gasteiger partial charge in [-0.25, -0.2) is 0 Å². The molecule has 180 valence electrons. The number of rotatable bonds is 5. The van der Waals surface area contributed by atoms with Gasteiger partial charge in [0.25, 0.3) is 0 Å². The van der Waals surface area contributed by atoms with Crippen molar-refractivity contribution in [1.29, 1.82) is 0 Å². The average molecular weight is 477 g/mol. The number of amides is 2. The standard InChI is InChI=1S/C31H28N2O3/c1-22-10-9-11-23(2)30(22)32-28(34)16-17-29(35)33-20-26(18-24-12-5-3-6-13-24)31(36)27(21-33)19-25-14-7-4-8-15-25/h3-19H,20-21H2,1-2H3,(H,32,34)/b17-16+,26-18+,27-19+. The lowest BCUT2D eigenvalue weighted by Crippen LogP contribution is -2.41. The number of anilines is 1. The van der Waals surface area contributed by atoms with Gasteiger partial charge in [0.05, 0.1) is 13.1 Å². The van der Waals surface area contributed by atoms with Gasteiger partial charge < -0.3 is 10.2 Å². The highest BCUT2D eigenvalue weighted by Crippen LogP contribution is 2.23. The van der Waals surface area contributed by atoms with Gasteiger partial charge in [0.1, 0.15) is 0 Å². The lowest BCUT2D eigenvalue weighted by atomic mass is 9.94. The predicted octanol–water partition coefficient (Wildman–Crippen LogP) is 5.38. The number of carbonyl (C=O) groups excluding carboxylic acids is 3. The topological polar surface area (TPSA) is 66.5 Å². The third-order valence-corrected chi connectivity index (χ3v) is 6.00. The molecule has 36 heavy (non-hydrogen) atoms. The lowest BCUT2D eigenvalue weighted by molar-refractivity contribution is -0.126. The van der Waals surface area contributed by atoms with Crippen LogP contribution >= 0.6 is 0 Å². The summed E-state index contributed by atoms with van der Waals surface area (Å²) in [5.41, 5.74) is 5.46. The molecule has 3 aromatic carbocycles. The molecular weight excluding hydrogens is 448 g/mol. The van der Waals surface area contributed by atoms with Crippen LogP contribution in [0.25, 0.3) is 12.2 Å². The Hall–Kier alpha value is -4.51. The summed E-state index contributed by atoms with van der Waals surface area (Å²) in [6.45, 7) is 4.18. The van der Waals surface area contributed by atoms with Crippen LogP contribution in [0.15, 0.2) is 102 Å². The predicted molar refractivity (Wildman–Crippen MR) is 144 cm³/mol. The highest BCUT2D eigenvalue weighted by atomic mass is 16.2. The normalized spacial score (nSPS) is 16.1. The molecule has 0 bridgehead atoms. The van der Waals surface area contributed by atoms with Gasteiger partial charge in [0.2, 0.25) is 11.8 Å². The summed E-state index contributed by atoms with van der Waals surface area (Å²) in [6, 6.07) is 24.9. The minimum atomic E-state index is -0.381. The maximum atomic E-state index is 13.3. The molecule has 1 N–H and O–H groups in total. The quantitative estimate of drug-likeness (QED) is 0.503. The smallest absolute Gasteiger partial charge is 0.248 e. The van der Waals surface area contributed by atoms with Gasteiger partial charge in [-0.15, -0.1) is 0 Å². The van der Waals surface area contributed by atoms with Gasteiger partial charge in [-0.2, -0.15) is 0 Å². The number of aryl methyl sites for hydroxylation is 2. The number of nitrogens with zero attached hydrogens (tertiary/aromatic N) is 1. The molecule has 0 saturated carbocycles. The molecule has 0 unspecified atom stereocenters. The second-order valence-electron chi connectivity index (χ2n) is 8.77. The summed E-state index contributed by atoms with van der Waals surface area (Å²) in [7, 11) is 0. The minimum Gasteiger partial charge on any atom is -0.330 e. The number of ketones is 1. The van der Waals surface area contributed by atoms with E-state index in [1.54, 1.807) is 4.90 Å². The first-order valence-corrected chi connectivity index (χ1v) is 11.8. The van der Waals surface area contributed by atoms with E-state index in [4.69, 9.17) is 0 Å². The van der Waals surface area contributed by atoms with Gasteiger partial charge in [0.15, 0.2) is 5.78 Å². The number of Topliss-reactive ketones (excluding diaryl/α,β-unsaturated/α-hetero) is 1. The van der Waals surface area contributed by atoms with Crippen LogP contribution < -0.4 is 5.32 Å². The summed E-state index contributed by atoms with van der Waals surface area (Å²) >= 11 is 0. The fourth-order valence-electron chi connectivity index (χ4n) is 4.12. The highest BCUT2D eigenvalue weighted by Gasteiger charge is 2.28. The maximum Gasteiger partial charge on any atom is 0.248 e. The fourth-order valence-corrected chi connectivity index (χ4v) is 4.12. The molecular formula is C31H28N2O3. The fraction of sp³-hybridized carbons (Fsp3) is 0.129. The first-order chi connectivity index (χ1) is 17.4. The number of carbonyl (C=O) groups is 3. The van der Waals surface area contributed by atoms with Crippen molar-refractivity contribution in [2.75, 3.05) is 18.4 Å². The molecule has 1 saturated heterocycles. The SMILES string of the molecule is Cc1cccc(C)c1NC(=O)/C=C/C(=O)N1C/C(=C\c2ccccc2)C(=O)/C(=C/c2ccccc2)C1. The Labute approximate surface area is 211 Å². The van der Waals surface area contributed by atoms with Crippen LogP contribution in [0, 0.1) is 13.8 Å². The van der Waals surface area contributed by atoms with E-state index in [1.807, 2.05) is 105 Å². The number of piperidine rings is 1. The van der Waals surface area contributed by atoms with Crippen molar-refractivity contribution < 1.29 is 14.4 Å². The first kappa shape index (κ1) is 24.6. The Kier molecular flexibility index (Phi) is 7.71. The lowest BCUT2D eigenvalue weighted by Gasteiger charge is -2.29. The Morgan fingerprint density at radius 2 is 1.22 bits per heavy atom. The Morgan fingerprint density at radius 3 is 1.72 bits per heavy atom.